The fourth-order valence-corrected chi connectivity index (χ4v) is 1.72. The minimum atomic E-state index is -0.625. The molecule has 0 aromatic heterocycles. The summed E-state index contributed by atoms with van der Waals surface area (Å²) in [7, 11) is 0. The lowest BCUT2D eigenvalue weighted by Gasteiger charge is -2.25. The Morgan fingerprint density at radius 3 is 2.62 bits per heavy atom. The lowest BCUT2D eigenvalue weighted by molar-refractivity contribution is -0.149. The average molecular weight is 222 g/mol. The second-order valence-corrected chi connectivity index (χ2v) is 4.85. The fraction of sp³-hybridized carbons (Fsp3) is 0.750. The van der Waals surface area contributed by atoms with Crippen LogP contribution < -0.4 is 0 Å². The van der Waals surface area contributed by atoms with Gasteiger partial charge in [-0.05, 0) is 19.3 Å². The number of Topliss-reactive ketones (excluding diaryl/α,β-unsaturated/α-hetero) is 1. The predicted octanol–water partition coefficient (Wildman–Crippen LogP) is 1.51. The maximum Gasteiger partial charge on any atom is 0.291 e. The Morgan fingerprint density at radius 2 is 2.12 bits per heavy atom. The third-order valence-electron chi connectivity index (χ3n) is 3.36. The summed E-state index contributed by atoms with van der Waals surface area (Å²) in [6.07, 6.45) is 2.12. The first-order chi connectivity index (χ1) is 7.44. The van der Waals surface area contributed by atoms with Crippen molar-refractivity contribution in [2.75, 3.05) is 6.54 Å². The number of rotatable bonds is 3. The zero-order chi connectivity index (χ0) is 12.3. The highest BCUT2D eigenvalue weighted by atomic mass is 16.2. The lowest BCUT2D eigenvalue weighted by Crippen LogP contribution is -2.44. The predicted molar refractivity (Wildman–Crippen MR) is 59.4 cm³/mol. The molecule has 0 spiro atoms. The summed E-state index contributed by atoms with van der Waals surface area (Å²) in [6.45, 7) is 5.95. The molecule has 0 aliphatic carbocycles. The second-order valence-electron chi connectivity index (χ2n) is 4.85. The van der Waals surface area contributed by atoms with Crippen LogP contribution in [0.1, 0.15) is 40.0 Å². The Kier molecular flexibility index (Phi) is 3.69. The molecule has 1 atom stereocenters. The van der Waals surface area contributed by atoms with Crippen molar-refractivity contribution < 1.29 is 9.59 Å². The van der Waals surface area contributed by atoms with E-state index in [2.05, 4.69) is 6.07 Å². The van der Waals surface area contributed by atoms with Gasteiger partial charge in [-0.25, -0.2) is 0 Å². The van der Waals surface area contributed by atoms with Gasteiger partial charge in [-0.3, -0.25) is 9.59 Å². The highest BCUT2D eigenvalue weighted by Crippen LogP contribution is 2.25. The van der Waals surface area contributed by atoms with Crippen LogP contribution >= 0.6 is 0 Å². The first-order valence-corrected chi connectivity index (χ1v) is 5.69. The topological polar surface area (TPSA) is 61.2 Å². The van der Waals surface area contributed by atoms with Gasteiger partial charge in [-0.2, -0.15) is 5.26 Å². The molecule has 0 radical (unpaired) electrons. The van der Waals surface area contributed by atoms with Crippen LogP contribution in [0.2, 0.25) is 0 Å². The van der Waals surface area contributed by atoms with Crippen LogP contribution in [0.4, 0.5) is 0 Å². The molecule has 1 amide bonds. The maximum atomic E-state index is 11.9. The van der Waals surface area contributed by atoms with E-state index in [1.165, 1.54) is 4.90 Å². The molecule has 1 heterocycles. The van der Waals surface area contributed by atoms with E-state index in [9.17, 15) is 9.59 Å². The van der Waals surface area contributed by atoms with Crippen LogP contribution in [0.15, 0.2) is 0 Å². The summed E-state index contributed by atoms with van der Waals surface area (Å²) in [5, 5.41) is 8.87. The lowest BCUT2D eigenvalue weighted by atomic mass is 9.84. The van der Waals surface area contributed by atoms with Crippen LogP contribution in [-0.2, 0) is 9.59 Å². The summed E-state index contributed by atoms with van der Waals surface area (Å²) in [5.41, 5.74) is -0.625. The molecule has 1 unspecified atom stereocenters. The van der Waals surface area contributed by atoms with Gasteiger partial charge in [-0.15, -0.1) is 0 Å². The maximum absolute atomic E-state index is 11.9. The molecular weight excluding hydrogens is 204 g/mol. The Balaban J connectivity index is 2.79. The summed E-state index contributed by atoms with van der Waals surface area (Å²) >= 11 is 0. The Hall–Kier alpha value is -1.37. The van der Waals surface area contributed by atoms with Crippen LogP contribution in [0.3, 0.4) is 0 Å². The van der Waals surface area contributed by atoms with Gasteiger partial charge in [0, 0.05) is 12.0 Å². The SMILES string of the molecule is CCC(C)(C)C(=O)C(=O)N1CCCC1C#N. The number of amides is 1. The van der Waals surface area contributed by atoms with Crippen molar-refractivity contribution in [3.8, 4) is 6.07 Å². The third-order valence-corrected chi connectivity index (χ3v) is 3.36. The molecule has 1 aliphatic rings. The monoisotopic (exact) mass is 222 g/mol. The van der Waals surface area contributed by atoms with Crippen molar-refractivity contribution in [1.82, 2.24) is 4.90 Å². The number of nitriles is 1. The third kappa shape index (κ3) is 2.24. The molecule has 1 saturated heterocycles. The number of hydrogen-bond acceptors (Lipinski definition) is 3. The van der Waals surface area contributed by atoms with Crippen LogP contribution in [0.25, 0.3) is 0 Å². The van der Waals surface area contributed by atoms with Gasteiger partial charge < -0.3 is 4.90 Å². The van der Waals surface area contributed by atoms with Crippen molar-refractivity contribution in [3.63, 3.8) is 0 Å². The Bertz CT molecular complexity index is 341. The van der Waals surface area contributed by atoms with E-state index in [-0.39, 0.29) is 5.78 Å². The Morgan fingerprint density at radius 1 is 1.50 bits per heavy atom. The quantitative estimate of drug-likeness (QED) is 0.680. The average Bonchev–Trinajstić information content (AvgIpc) is 2.74. The van der Waals surface area contributed by atoms with Crippen molar-refractivity contribution in [3.05, 3.63) is 0 Å². The van der Waals surface area contributed by atoms with Crippen LogP contribution in [0, 0.1) is 16.7 Å². The molecule has 1 aliphatic heterocycles. The zero-order valence-corrected chi connectivity index (χ0v) is 10.1. The van der Waals surface area contributed by atoms with E-state index in [0.717, 1.165) is 6.42 Å². The summed E-state index contributed by atoms with van der Waals surface area (Å²) in [5.74, 6) is -0.868. The molecule has 0 aromatic carbocycles. The number of carbonyl (C=O) groups excluding carboxylic acids is 2. The second kappa shape index (κ2) is 4.65. The normalized spacial score (nSPS) is 20.6. The van der Waals surface area contributed by atoms with Gasteiger partial charge in [0.25, 0.3) is 5.91 Å². The highest BCUT2D eigenvalue weighted by Gasteiger charge is 2.38. The molecular formula is C12H18N2O2. The number of carbonyl (C=O) groups is 2. The van der Waals surface area contributed by atoms with Crippen molar-refractivity contribution in [2.24, 2.45) is 5.41 Å². The molecule has 4 heteroatoms. The van der Waals surface area contributed by atoms with Gasteiger partial charge in [0.1, 0.15) is 6.04 Å². The van der Waals surface area contributed by atoms with Gasteiger partial charge in [0.15, 0.2) is 0 Å². The molecule has 1 fully saturated rings. The van der Waals surface area contributed by atoms with Crippen molar-refractivity contribution in [1.29, 1.82) is 5.26 Å². The molecule has 16 heavy (non-hydrogen) atoms. The molecule has 1 rings (SSSR count). The van der Waals surface area contributed by atoms with Crippen molar-refractivity contribution in [2.45, 2.75) is 46.1 Å². The van der Waals surface area contributed by atoms with Gasteiger partial charge in [0.05, 0.1) is 6.07 Å². The van der Waals surface area contributed by atoms with Crippen LogP contribution in [0.5, 0.6) is 0 Å². The summed E-state index contributed by atoms with van der Waals surface area (Å²) in [6, 6.07) is 1.66. The molecule has 4 nitrogen and oxygen atoms in total. The summed E-state index contributed by atoms with van der Waals surface area (Å²) < 4.78 is 0. The number of nitrogens with zero attached hydrogens (tertiary/aromatic N) is 2. The molecule has 0 saturated carbocycles. The van der Waals surface area contributed by atoms with E-state index >= 15 is 0 Å². The first-order valence-electron chi connectivity index (χ1n) is 5.69. The van der Waals surface area contributed by atoms with E-state index in [4.69, 9.17) is 5.26 Å². The van der Waals surface area contributed by atoms with Crippen molar-refractivity contribution >= 4 is 11.7 Å². The van der Waals surface area contributed by atoms with Gasteiger partial charge in [0.2, 0.25) is 5.78 Å². The minimum Gasteiger partial charge on any atom is -0.320 e. The van der Waals surface area contributed by atoms with Gasteiger partial charge in [-0.1, -0.05) is 20.8 Å². The smallest absolute Gasteiger partial charge is 0.291 e. The summed E-state index contributed by atoms with van der Waals surface area (Å²) in [4.78, 5) is 25.3. The fourth-order valence-electron chi connectivity index (χ4n) is 1.72. The molecule has 0 bridgehead atoms. The molecule has 0 N–H and O–H groups in total. The van der Waals surface area contributed by atoms with E-state index < -0.39 is 17.4 Å². The largest absolute Gasteiger partial charge is 0.320 e. The molecule has 0 aromatic rings. The number of ketones is 1. The van der Waals surface area contributed by atoms with E-state index in [1.54, 1.807) is 13.8 Å². The first kappa shape index (κ1) is 12.7. The van der Waals surface area contributed by atoms with E-state index in [1.807, 2.05) is 6.92 Å². The Labute approximate surface area is 96.2 Å². The van der Waals surface area contributed by atoms with E-state index in [0.29, 0.717) is 19.4 Å². The highest BCUT2D eigenvalue weighted by molar-refractivity contribution is 6.38. The standard InChI is InChI=1S/C12H18N2O2/c1-4-12(2,3)10(15)11(16)14-7-5-6-9(14)8-13/h9H,4-7H2,1-3H3. The number of likely N-dealkylation sites (tertiary alicyclic amines) is 1. The number of hydrogen-bond donors (Lipinski definition) is 0. The zero-order valence-electron chi connectivity index (χ0n) is 10.1. The molecule has 88 valence electrons. The van der Waals surface area contributed by atoms with Gasteiger partial charge >= 0.3 is 0 Å². The van der Waals surface area contributed by atoms with Crippen LogP contribution in [-0.4, -0.2) is 29.2 Å². The minimum absolute atomic E-state index is 0.378.